The molecule has 0 fully saturated rings. The normalized spacial score (nSPS) is 11.6. The zero-order chi connectivity index (χ0) is 48.9. The number of nitrogens with one attached hydrogen (secondary N) is 2. The number of rotatable bonds is 13. The van der Waals surface area contributed by atoms with Crippen molar-refractivity contribution in [1.29, 1.82) is 0 Å². The van der Waals surface area contributed by atoms with Gasteiger partial charge in [-0.1, -0.05) is 80.4 Å². The summed E-state index contributed by atoms with van der Waals surface area (Å²) < 4.78 is 17.2. The molecule has 15 nitrogen and oxygen atoms in total. The van der Waals surface area contributed by atoms with E-state index in [9.17, 15) is 19.2 Å². The van der Waals surface area contributed by atoms with E-state index in [2.05, 4.69) is 20.9 Å². The molecule has 4 aromatic carbocycles. The van der Waals surface area contributed by atoms with Crippen molar-refractivity contribution in [2.75, 3.05) is 4.91 Å². The maximum absolute atomic E-state index is 12.3. The topological polar surface area (TPSA) is 237 Å². The van der Waals surface area contributed by atoms with E-state index in [0.717, 1.165) is 11.1 Å². The van der Waals surface area contributed by atoms with Crippen LogP contribution in [0.5, 0.6) is 11.5 Å². The van der Waals surface area contributed by atoms with Crippen LogP contribution >= 0.6 is 45.8 Å². The summed E-state index contributed by atoms with van der Waals surface area (Å²) in [6.07, 6.45) is 0.0349. The zero-order valence-corrected chi connectivity index (χ0v) is 40.5. The van der Waals surface area contributed by atoms with Crippen LogP contribution in [-0.2, 0) is 25.5 Å². The summed E-state index contributed by atoms with van der Waals surface area (Å²) in [6, 6.07) is 23.1. The first-order valence-corrected chi connectivity index (χ1v) is 21.4. The highest BCUT2D eigenvalue weighted by Crippen LogP contribution is 2.28. The summed E-state index contributed by atoms with van der Waals surface area (Å²) >= 11 is 14.1. The number of nitrogens with two attached hydrogens (primary N) is 2. The van der Waals surface area contributed by atoms with E-state index in [1.54, 1.807) is 72.8 Å². The Labute approximate surface area is 394 Å². The van der Waals surface area contributed by atoms with Gasteiger partial charge in [0.1, 0.15) is 11.5 Å². The SMILES string of the molecule is CC(=O)NC(C)(C)c1ccc(C(=O)O)cc1.CC(=O)NC(C)(C)c1ccc(C(=O)O/N=C(\N)c2ccc(OC(C)C)c(Cl)c2)cc1.CC(C)Oc1ccc(/C(N)=N/O)cc1Cl.[2H]CI. The fourth-order valence-electron chi connectivity index (χ4n) is 5.35. The number of carboxylic acid groups (broad SMARTS) is 1. The third-order valence-corrected chi connectivity index (χ3v) is 8.78. The Morgan fingerprint density at radius 1 is 0.683 bits per heavy atom. The molecule has 0 aromatic heterocycles. The van der Waals surface area contributed by atoms with E-state index in [0.29, 0.717) is 43.1 Å². The van der Waals surface area contributed by atoms with E-state index in [1.165, 1.54) is 26.0 Å². The van der Waals surface area contributed by atoms with Crippen molar-refractivity contribution < 1.29 is 45.2 Å². The Morgan fingerprint density at radius 3 is 1.35 bits per heavy atom. The number of carbonyl (C=O) groups excluding carboxylic acids is 3. The minimum Gasteiger partial charge on any atom is -0.489 e. The monoisotopic (exact) mass is 1020 g/mol. The largest absolute Gasteiger partial charge is 0.489 e. The van der Waals surface area contributed by atoms with Gasteiger partial charge in [0.05, 0.1) is 44.5 Å². The second kappa shape index (κ2) is 26.1. The molecule has 0 aliphatic rings. The molecule has 0 spiro atoms. The lowest BCUT2D eigenvalue weighted by molar-refractivity contribution is -0.121. The molecule has 8 N–H and O–H groups in total. The number of aromatic carboxylic acids is 1. The third-order valence-electron chi connectivity index (χ3n) is 8.19. The molecule has 0 aliphatic carbocycles. The molecule has 342 valence electrons. The molecule has 0 radical (unpaired) electrons. The van der Waals surface area contributed by atoms with Crippen molar-refractivity contribution in [3.63, 3.8) is 0 Å². The van der Waals surface area contributed by atoms with Crippen LogP contribution in [0.15, 0.2) is 95.2 Å². The van der Waals surface area contributed by atoms with Crippen LogP contribution in [0.25, 0.3) is 0 Å². The molecule has 0 aliphatic heterocycles. The third kappa shape index (κ3) is 19.1. The first kappa shape index (κ1) is 53.5. The number of oxime groups is 2. The van der Waals surface area contributed by atoms with E-state index < -0.39 is 23.0 Å². The van der Waals surface area contributed by atoms with E-state index in [1.807, 2.05) is 78.0 Å². The number of benzene rings is 4. The molecule has 2 amide bonds. The van der Waals surface area contributed by atoms with Gasteiger partial charge in [0.25, 0.3) is 0 Å². The number of halogens is 3. The number of carbonyl (C=O) groups is 4. The van der Waals surface area contributed by atoms with Crippen LogP contribution in [0.1, 0.15) is 114 Å². The number of amides is 2. The van der Waals surface area contributed by atoms with Gasteiger partial charge in [-0.3, -0.25) is 9.59 Å². The molecular weight excluding hydrogens is 966 g/mol. The van der Waals surface area contributed by atoms with Gasteiger partial charge in [-0.2, -0.15) is 0 Å². The van der Waals surface area contributed by atoms with E-state index in [4.69, 9.17) is 60.7 Å². The molecular formula is C45H57Cl2IN6O9. The fraction of sp³-hybridized carbons (Fsp3) is 0.333. The van der Waals surface area contributed by atoms with Gasteiger partial charge in [-0.15, -0.1) is 0 Å². The van der Waals surface area contributed by atoms with Crippen molar-refractivity contribution in [2.24, 2.45) is 21.8 Å². The average Bonchev–Trinajstić information content (AvgIpc) is 3.20. The van der Waals surface area contributed by atoms with Crippen LogP contribution in [0, 0.1) is 0 Å². The molecule has 0 saturated heterocycles. The number of carboxylic acids is 1. The molecule has 4 rings (SSSR count). The first-order valence-electron chi connectivity index (χ1n) is 19.8. The molecule has 0 saturated carbocycles. The molecule has 0 atom stereocenters. The van der Waals surface area contributed by atoms with Gasteiger partial charge >= 0.3 is 11.9 Å². The summed E-state index contributed by atoms with van der Waals surface area (Å²) in [6.45, 7) is 18.0. The summed E-state index contributed by atoms with van der Waals surface area (Å²) in [5.74, 6) is -0.734. The number of alkyl halides is 1. The van der Waals surface area contributed by atoms with Gasteiger partial charge in [0.15, 0.2) is 11.7 Å². The first-order chi connectivity index (χ1) is 29.8. The molecule has 4 aromatic rings. The molecule has 63 heavy (non-hydrogen) atoms. The fourth-order valence-corrected chi connectivity index (χ4v) is 5.80. The van der Waals surface area contributed by atoms with Gasteiger partial charge in [-0.05, 0) is 132 Å². The second-order valence-electron chi connectivity index (χ2n) is 15.0. The van der Waals surface area contributed by atoms with E-state index in [-0.39, 0.29) is 41.3 Å². The van der Waals surface area contributed by atoms with Crippen molar-refractivity contribution in [3.05, 3.63) is 128 Å². The van der Waals surface area contributed by atoms with Gasteiger partial charge in [0.2, 0.25) is 11.8 Å². The standard InChI is InChI=1S/C22H26ClN3O4.C12H15NO3.C10H13ClN2O2.CH3I/c1-13(2)29-19-11-8-16(12-18(19)23)20(24)26-30-21(28)15-6-9-17(10-7-15)22(4,5)25-14(3)27;1-8(14)13-12(2,3)10-6-4-9(5-7-10)11(15)16;1-6(2)15-9-4-3-7(5-8(9)11)10(12)13-14;1-2/h6-13H,1-5H3,(H2,24,26)(H,25,27);4-7H,1-3H3,(H,13,14)(H,15,16);3-6,14H,1-2H3,(H2,12,13);1H3/i;;;1D. The predicted molar refractivity (Wildman–Crippen MR) is 257 cm³/mol. The highest BCUT2D eigenvalue weighted by molar-refractivity contribution is 14.1. The van der Waals surface area contributed by atoms with Gasteiger partial charge < -0.3 is 46.7 Å². The molecule has 18 heteroatoms. The minimum absolute atomic E-state index is 0.00441. The molecule has 0 bridgehead atoms. The Morgan fingerprint density at radius 2 is 1.03 bits per heavy atom. The number of amidine groups is 2. The lowest BCUT2D eigenvalue weighted by atomic mass is 9.93. The Balaban J connectivity index is 0.000000507. The Kier molecular flexibility index (Phi) is 22.2. The average molecular weight is 1020 g/mol. The van der Waals surface area contributed by atoms with Crippen LogP contribution < -0.4 is 31.6 Å². The van der Waals surface area contributed by atoms with Crippen molar-refractivity contribution in [1.82, 2.24) is 10.6 Å². The van der Waals surface area contributed by atoms with Crippen molar-refractivity contribution >= 4 is 81.2 Å². The van der Waals surface area contributed by atoms with Crippen LogP contribution in [0.4, 0.5) is 0 Å². The second-order valence-corrected chi connectivity index (χ2v) is 15.9. The number of hydrogen-bond donors (Lipinski definition) is 6. The Bertz CT molecular complexity index is 2240. The number of ether oxygens (including phenoxy) is 2. The summed E-state index contributed by atoms with van der Waals surface area (Å²) in [7, 11) is 0. The zero-order valence-electron chi connectivity index (χ0n) is 37.9. The van der Waals surface area contributed by atoms with Crippen LogP contribution in [0.2, 0.25) is 10.0 Å². The molecule has 0 unspecified atom stereocenters. The summed E-state index contributed by atoms with van der Waals surface area (Å²) in [4.78, 5) is 50.7. The smallest absolute Gasteiger partial charge is 0.365 e. The van der Waals surface area contributed by atoms with Crippen molar-refractivity contribution in [2.45, 2.75) is 92.5 Å². The minimum atomic E-state index is -0.955. The van der Waals surface area contributed by atoms with Crippen LogP contribution in [-0.4, -0.2) is 62.9 Å². The maximum atomic E-state index is 12.3. The number of nitrogens with zero attached hydrogens (tertiary/aromatic N) is 2. The van der Waals surface area contributed by atoms with Crippen molar-refractivity contribution in [3.8, 4) is 11.5 Å². The maximum Gasteiger partial charge on any atom is 0.365 e. The quantitative estimate of drug-likeness (QED) is 0.0141. The van der Waals surface area contributed by atoms with Crippen LogP contribution in [0.3, 0.4) is 0 Å². The molecule has 0 heterocycles. The number of hydrogen-bond acceptors (Lipinski definition) is 10. The lowest BCUT2D eigenvalue weighted by Crippen LogP contribution is -2.39. The predicted octanol–water partition coefficient (Wildman–Crippen LogP) is 9.00. The van der Waals surface area contributed by atoms with Gasteiger partial charge in [-0.25, -0.2) is 9.59 Å². The van der Waals surface area contributed by atoms with Gasteiger partial charge in [0, 0.05) is 26.3 Å². The highest BCUT2D eigenvalue weighted by Gasteiger charge is 2.23. The summed E-state index contributed by atoms with van der Waals surface area (Å²) in [5, 5.41) is 30.3. The Hall–Kier alpha value is -5.59. The summed E-state index contributed by atoms with van der Waals surface area (Å²) in [5.41, 5.74) is 13.6. The lowest BCUT2D eigenvalue weighted by Gasteiger charge is -2.26. The highest BCUT2D eigenvalue weighted by atomic mass is 127. The van der Waals surface area contributed by atoms with E-state index >= 15 is 0 Å².